The maximum Gasteiger partial charge on any atom is 0.289 e. The summed E-state index contributed by atoms with van der Waals surface area (Å²) in [5.74, 6) is 0. The third-order valence-electron chi connectivity index (χ3n) is 4.50. The van der Waals surface area contributed by atoms with Crippen LogP contribution in [0.2, 0.25) is 0 Å². The summed E-state index contributed by atoms with van der Waals surface area (Å²) in [6.07, 6.45) is 1.53. The summed E-state index contributed by atoms with van der Waals surface area (Å²) in [7, 11) is -4.21. The van der Waals surface area contributed by atoms with Crippen molar-refractivity contribution in [3.63, 3.8) is 0 Å². The zero-order valence-electron chi connectivity index (χ0n) is 15.6. The zero-order valence-corrected chi connectivity index (χ0v) is 16.4. The van der Waals surface area contributed by atoms with E-state index in [9.17, 15) is 18.5 Å². The van der Waals surface area contributed by atoms with Crippen LogP contribution in [0, 0.1) is 10.1 Å². The number of nitrogens with zero attached hydrogens (tertiary/aromatic N) is 2. The Kier molecular flexibility index (Phi) is 6.21. The van der Waals surface area contributed by atoms with Crippen molar-refractivity contribution in [1.29, 1.82) is 0 Å². The molecule has 0 amide bonds. The van der Waals surface area contributed by atoms with Crippen LogP contribution < -0.4 is 0 Å². The van der Waals surface area contributed by atoms with Crippen LogP contribution in [0.4, 0.5) is 5.69 Å². The lowest BCUT2D eigenvalue weighted by Gasteiger charge is -2.29. The molecule has 0 aliphatic carbocycles. The Hall–Kier alpha value is -3.29. The molecule has 0 radical (unpaired) electrons. The molecular weight excluding hydrogens is 388 g/mol. The SMILES string of the molecule is C=C[C@@H](c1ccccc1)N(Cc1ccccc1)S(=O)(=O)c1ccccc1[N+](=O)[O-]. The molecule has 0 spiro atoms. The normalized spacial score (nSPS) is 12.4. The van der Waals surface area contributed by atoms with Crippen molar-refractivity contribution < 1.29 is 13.3 Å². The van der Waals surface area contributed by atoms with Gasteiger partial charge in [-0.1, -0.05) is 78.9 Å². The molecule has 148 valence electrons. The van der Waals surface area contributed by atoms with Gasteiger partial charge in [-0.15, -0.1) is 6.58 Å². The minimum Gasteiger partial charge on any atom is -0.258 e. The molecule has 0 saturated carbocycles. The molecule has 0 heterocycles. The maximum atomic E-state index is 13.6. The third-order valence-corrected chi connectivity index (χ3v) is 6.38. The van der Waals surface area contributed by atoms with E-state index in [1.807, 2.05) is 48.5 Å². The molecule has 0 fully saturated rings. The highest BCUT2D eigenvalue weighted by atomic mass is 32.2. The highest BCUT2D eigenvalue weighted by molar-refractivity contribution is 7.89. The smallest absolute Gasteiger partial charge is 0.258 e. The van der Waals surface area contributed by atoms with Gasteiger partial charge in [0.05, 0.1) is 11.0 Å². The molecule has 3 aromatic rings. The molecule has 6 nitrogen and oxygen atoms in total. The van der Waals surface area contributed by atoms with Gasteiger partial charge in [0, 0.05) is 12.6 Å². The Morgan fingerprint density at radius 1 is 0.931 bits per heavy atom. The van der Waals surface area contributed by atoms with Gasteiger partial charge in [-0.05, 0) is 17.2 Å². The van der Waals surface area contributed by atoms with E-state index in [2.05, 4.69) is 6.58 Å². The number of benzene rings is 3. The molecule has 7 heteroatoms. The first-order valence-electron chi connectivity index (χ1n) is 8.92. The fraction of sp³-hybridized carbons (Fsp3) is 0.0909. The van der Waals surface area contributed by atoms with Crippen LogP contribution >= 0.6 is 0 Å². The van der Waals surface area contributed by atoms with Gasteiger partial charge < -0.3 is 0 Å². The van der Waals surface area contributed by atoms with Crippen LogP contribution in [-0.4, -0.2) is 17.6 Å². The van der Waals surface area contributed by atoms with Gasteiger partial charge in [0.15, 0.2) is 4.90 Å². The van der Waals surface area contributed by atoms with Gasteiger partial charge in [0.25, 0.3) is 15.7 Å². The number of hydrogen-bond acceptors (Lipinski definition) is 4. The van der Waals surface area contributed by atoms with E-state index in [1.54, 1.807) is 12.1 Å². The van der Waals surface area contributed by atoms with Crippen molar-refractivity contribution in [2.45, 2.75) is 17.5 Å². The van der Waals surface area contributed by atoms with Crippen LogP contribution in [0.1, 0.15) is 17.2 Å². The summed E-state index contributed by atoms with van der Waals surface area (Å²) < 4.78 is 28.5. The molecule has 0 aliphatic rings. The second-order valence-corrected chi connectivity index (χ2v) is 8.21. The van der Waals surface area contributed by atoms with E-state index in [0.717, 1.165) is 11.1 Å². The second kappa shape index (κ2) is 8.81. The van der Waals surface area contributed by atoms with Gasteiger partial charge >= 0.3 is 0 Å². The summed E-state index contributed by atoms with van der Waals surface area (Å²) in [5.41, 5.74) is 1.03. The Bertz CT molecular complexity index is 1100. The van der Waals surface area contributed by atoms with Crippen molar-refractivity contribution in [3.8, 4) is 0 Å². The van der Waals surface area contributed by atoms with E-state index in [-0.39, 0.29) is 11.4 Å². The molecular formula is C22H20N2O4S. The summed E-state index contributed by atoms with van der Waals surface area (Å²) in [4.78, 5) is 10.4. The quantitative estimate of drug-likeness (QED) is 0.307. The minimum absolute atomic E-state index is 0.0425. The molecule has 0 aromatic heterocycles. The first kappa shape index (κ1) is 20.4. The highest BCUT2D eigenvalue weighted by Crippen LogP contribution is 2.34. The molecule has 0 bridgehead atoms. The van der Waals surface area contributed by atoms with Crippen molar-refractivity contribution in [2.24, 2.45) is 0 Å². The lowest BCUT2D eigenvalue weighted by Crippen LogP contribution is -2.34. The van der Waals surface area contributed by atoms with Crippen molar-refractivity contribution in [1.82, 2.24) is 4.31 Å². The first-order valence-corrected chi connectivity index (χ1v) is 10.4. The summed E-state index contributed by atoms with van der Waals surface area (Å²) in [5, 5.41) is 11.5. The van der Waals surface area contributed by atoms with Gasteiger partial charge in [-0.2, -0.15) is 4.31 Å². The second-order valence-electron chi connectivity index (χ2n) is 6.35. The average molecular weight is 408 g/mol. The molecule has 0 N–H and O–H groups in total. The topological polar surface area (TPSA) is 80.5 Å². The monoisotopic (exact) mass is 408 g/mol. The Labute approximate surface area is 169 Å². The van der Waals surface area contributed by atoms with E-state index in [0.29, 0.717) is 0 Å². The molecule has 3 rings (SSSR count). The van der Waals surface area contributed by atoms with Crippen LogP contribution in [0.25, 0.3) is 0 Å². The Morgan fingerprint density at radius 3 is 2.07 bits per heavy atom. The molecule has 0 aliphatic heterocycles. The molecule has 29 heavy (non-hydrogen) atoms. The number of nitro groups is 1. The predicted molar refractivity (Wildman–Crippen MR) is 112 cm³/mol. The van der Waals surface area contributed by atoms with Gasteiger partial charge in [-0.25, -0.2) is 8.42 Å². The predicted octanol–water partition coefficient (Wildman–Crippen LogP) is 4.71. The zero-order chi connectivity index (χ0) is 20.9. The molecule has 1 atom stereocenters. The number of hydrogen-bond donors (Lipinski definition) is 0. The van der Waals surface area contributed by atoms with Gasteiger partial charge in [-0.3, -0.25) is 10.1 Å². The summed E-state index contributed by atoms with van der Waals surface area (Å²) in [6.45, 7) is 3.87. The Balaban J connectivity index is 2.17. The number of para-hydroxylation sites is 1. The first-order chi connectivity index (χ1) is 13.9. The summed E-state index contributed by atoms with van der Waals surface area (Å²) in [6, 6.07) is 22.8. The molecule has 0 saturated heterocycles. The maximum absolute atomic E-state index is 13.6. The van der Waals surface area contributed by atoms with Crippen LogP contribution in [0.3, 0.4) is 0 Å². The number of sulfonamides is 1. The van der Waals surface area contributed by atoms with E-state index in [4.69, 9.17) is 0 Å². The highest BCUT2D eigenvalue weighted by Gasteiger charge is 2.35. The van der Waals surface area contributed by atoms with Crippen molar-refractivity contribution in [2.75, 3.05) is 0 Å². The lowest BCUT2D eigenvalue weighted by atomic mass is 10.1. The van der Waals surface area contributed by atoms with E-state index < -0.39 is 26.7 Å². The third kappa shape index (κ3) is 4.42. The van der Waals surface area contributed by atoms with Gasteiger partial charge in [0.1, 0.15) is 0 Å². The number of nitro benzene ring substituents is 1. The largest absolute Gasteiger partial charge is 0.289 e. The minimum atomic E-state index is -4.21. The van der Waals surface area contributed by atoms with E-state index >= 15 is 0 Å². The van der Waals surface area contributed by atoms with Crippen molar-refractivity contribution >= 4 is 15.7 Å². The van der Waals surface area contributed by atoms with Crippen LogP contribution in [-0.2, 0) is 16.6 Å². The van der Waals surface area contributed by atoms with Crippen LogP contribution in [0.15, 0.2) is 102 Å². The fourth-order valence-corrected chi connectivity index (χ4v) is 4.85. The molecule has 0 unspecified atom stereocenters. The van der Waals surface area contributed by atoms with E-state index in [1.165, 1.54) is 34.6 Å². The number of rotatable bonds is 8. The summed E-state index contributed by atoms with van der Waals surface area (Å²) >= 11 is 0. The lowest BCUT2D eigenvalue weighted by molar-refractivity contribution is -0.387. The van der Waals surface area contributed by atoms with Crippen molar-refractivity contribution in [3.05, 3.63) is 119 Å². The fourth-order valence-electron chi connectivity index (χ4n) is 3.12. The Morgan fingerprint density at radius 2 is 1.48 bits per heavy atom. The van der Waals surface area contributed by atoms with Crippen LogP contribution in [0.5, 0.6) is 0 Å². The molecule has 3 aromatic carbocycles. The van der Waals surface area contributed by atoms with Gasteiger partial charge in [0.2, 0.25) is 0 Å². The standard InChI is InChI=1S/C22H20N2O4S/c1-2-20(19-13-7-4-8-14-19)23(17-18-11-5-3-6-12-18)29(27,28)22-16-10-9-15-21(22)24(25)26/h2-16,20H,1,17H2/t20-/m0/s1. The average Bonchev–Trinajstić information content (AvgIpc) is 2.75.